The lowest BCUT2D eigenvalue weighted by molar-refractivity contribution is 0.116. The van der Waals surface area contributed by atoms with Crippen LogP contribution in [0.15, 0.2) is 71.5 Å². The molecule has 0 bridgehead atoms. The maximum Gasteiger partial charge on any atom is 0.270 e. The van der Waals surface area contributed by atoms with Crippen LogP contribution in [0.5, 0.6) is 0 Å². The Bertz CT molecular complexity index is 1520. The second kappa shape index (κ2) is 10.6. The van der Waals surface area contributed by atoms with E-state index < -0.39 is 0 Å². The van der Waals surface area contributed by atoms with E-state index in [1.54, 1.807) is 29.8 Å². The van der Waals surface area contributed by atoms with Gasteiger partial charge in [-0.05, 0) is 60.9 Å². The zero-order chi connectivity index (χ0) is 27.0. The van der Waals surface area contributed by atoms with E-state index in [1.165, 1.54) is 12.1 Å². The first kappa shape index (κ1) is 25.9. The minimum Gasteiger partial charge on any atom is -0.362 e. The number of hydrogen-bond acceptors (Lipinski definition) is 4. The van der Waals surface area contributed by atoms with Crippen molar-refractivity contribution in [3.8, 4) is 0 Å². The summed E-state index contributed by atoms with van der Waals surface area (Å²) in [6.45, 7) is 13.1. The molecule has 38 heavy (non-hydrogen) atoms. The van der Waals surface area contributed by atoms with Gasteiger partial charge in [0, 0.05) is 43.3 Å². The molecule has 0 spiro atoms. The van der Waals surface area contributed by atoms with E-state index >= 15 is 0 Å². The second-order valence-electron chi connectivity index (χ2n) is 9.84. The zero-order valence-corrected chi connectivity index (χ0v) is 22.4. The molecule has 1 saturated heterocycles. The topological polar surface area (TPSA) is 45.7 Å². The van der Waals surface area contributed by atoms with Crippen molar-refractivity contribution < 1.29 is 4.39 Å². The lowest BCUT2D eigenvalue weighted by Gasteiger charge is -2.49. The van der Waals surface area contributed by atoms with E-state index in [4.69, 9.17) is 18.2 Å². The largest absolute Gasteiger partial charge is 0.362 e. The molecule has 2 aromatic carbocycles. The molecule has 0 N–H and O–H groups in total. The first-order valence-corrected chi connectivity index (χ1v) is 13.1. The normalized spacial score (nSPS) is 18.9. The summed E-state index contributed by atoms with van der Waals surface area (Å²) >= 11 is 6.21. The van der Waals surface area contributed by atoms with Crippen LogP contribution in [0.4, 0.5) is 15.9 Å². The molecule has 0 amide bonds. The lowest BCUT2D eigenvalue weighted by atomic mass is 9.92. The van der Waals surface area contributed by atoms with E-state index in [2.05, 4.69) is 33.5 Å². The zero-order valence-electron chi connectivity index (χ0n) is 21.6. The number of hydrogen-bond donors (Lipinski definition) is 0. The van der Waals surface area contributed by atoms with Gasteiger partial charge in [-0.2, -0.15) is 0 Å². The number of anilines is 1. The molecule has 1 aliphatic heterocycles. The highest BCUT2D eigenvalue weighted by atomic mass is 35.5. The summed E-state index contributed by atoms with van der Waals surface area (Å²) in [4.78, 5) is 25.7. The summed E-state index contributed by atoms with van der Waals surface area (Å²) in [5.41, 5.74) is 4.09. The van der Waals surface area contributed by atoms with Crippen LogP contribution in [0.1, 0.15) is 37.4 Å². The molecule has 6 nitrogen and oxygen atoms in total. The third kappa shape index (κ3) is 4.78. The fourth-order valence-electron chi connectivity index (χ4n) is 5.53. The summed E-state index contributed by atoms with van der Waals surface area (Å²) in [6, 6.07) is 19.7. The van der Waals surface area contributed by atoms with Crippen molar-refractivity contribution in [2.24, 2.45) is 7.05 Å². The maximum atomic E-state index is 13.8. The Morgan fingerprint density at radius 1 is 1.08 bits per heavy atom. The second-order valence-corrected chi connectivity index (χ2v) is 10.3. The molecule has 8 heteroatoms. The van der Waals surface area contributed by atoms with Crippen molar-refractivity contribution in [2.75, 3.05) is 18.0 Å². The molecule has 3 heterocycles. The molecule has 194 valence electrons. The molecule has 1 aliphatic rings. The van der Waals surface area contributed by atoms with Crippen LogP contribution in [-0.4, -0.2) is 39.6 Å². The Balaban J connectivity index is 1.58. The number of pyridine rings is 2. The van der Waals surface area contributed by atoms with Crippen LogP contribution in [0.2, 0.25) is 5.02 Å². The van der Waals surface area contributed by atoms with Crippen molar-refractivity contribution in [3.05, 3.63) is 110 Å². The SMILES string of the molecule is [C-]#[N+]c1ccc2c(n1)c(N1C[C@@H](CC)N(C(c3ccc(F)cc3)c3ccc(Cl)cc3)C[C@@H]1C)cc(=O)n2C. The van der Waals surface area contributed by atoms with Crippen LogP contribution in [0.25, 0.3) is 15.9 Å². The Hall–Kier alpha value is -3.73. The van der Waals surface area contributed by atoms with E-state index in [9.17, 15) is 9.18 Å². The number of rotatable bonds is 5. The van der Waals surface area contributed by atoms with Crippen LogP contribution >= 0.6 is 11.6 Å². The van der Waals surface area contributed by atoms with Crippen LogP contribution in [-0.2, 0) is 7.05 Å². The molecular formula is C30H29ClFN5O. The van der Waals surface area contributed by atoms with Gasteiger partial charge in [-0.1, -0.05) is 49.4 Å². The highest BCUT2D eigenvalue weighted by Gasteiger charge is 2.37. The van der Waals surface area contributed by atoms with Gasteiger partial charge in [0.2, 0.25) is 5.52 Å². The maximum absolute atomic E-state index is 13.8. The number of halogens is 2. The molecule has 1 fully saturated rings. The molecule has 1 unspecified atom stereocenters. The van der Waals surface area contributed by atoms with E-state index in [0.29, 0.717) is 35.0 Å². The highest BCUT2D eigenvalue weighted by Crippen LogP contribution is 2.37. The quantitative estimate of drug-likeness (QED) is 0.282. The Morgan fingerprint density at radius 2 is 1.74 bits per heavy atom. The minimum absolute atomic E-state index is 0.0433. The van der Waals surface area contributed by atoms with Gasteiger partial charge in [0.25, 0.3) is 11.4 Å². The van der Waals surface area contributed by atoms with Gasteiger partial charge in [-0.25, -0.2) is 4.39 Å². The summed E-state index contributed by atoms with van der Waals surface area (Å²) in [6.07, 6.45) is 0.873. The summed E-state index contributed by atoms with van der Waals surface area (Å²) in [5.74, 6) is 0.0347. The number of benzene rings is 2. The molecule has 0 aliphatic carbocycles. The van der Waals surface area contributed by atoms with Gasteiger partial charge in [-0.3, -0.25) is 9.69 Å². The van der Waals surface area contributed by atoms with Gasteiger partial charge in [0.1, 0.15) is 5.82 Å². The van der Waals surface area contributed by atoms with Crippen LogP contribution in [0, 0.1) is 12.4 Å². The average molecular weight is 530 g/mol. The van der Waals surface area contributed by atoms with Crippen molar-refractivity contribution in [3.63, 3.8) is 0 Å². The smallest absolute Gasteiger partial charge is 0.270 e. The molecule has 0 saturated carbocycles. The van der Waals surface area contributed by atoms with Gasteiger partial charge in [0.05, 0.1) is 17.2 Å². The fraction of sp³-hybridized carbons (Fsp3) is 0.300. The first-order chi connectivity index (χ1) is 18.3. The number of aryl methyl sites for hydroxylation is 1. The lowest BCUT2D eigenvalue weighted by Crippen LogP contribution is -2.58. The third-order valence-corrected chi connectivity index (χ3v) is 7.79. The van der Waals surface area contributed by atoms with Crippen LogP contribution < -0.4 is 10.5 Å². The molecule has 4 aromatic rings. The molecular weight excluding hydrogens is 501 g/mol. The fourth-order valence-corrected chi connectivity index (χ4v) is 5.65. The predicted octanol–water partition coefficient (Wildman–Crippen LogP) is 6.36. The molecule has 5 rings (SSSR count). The minimum atomic E-state index is -0.266. The van der Waals surface area contributed by atoms with Gasteiger partial charge in [0.15, 0.2) is 0 Å². The first-order valence-electron chi connectivity index (χ1n) is 12.7. The van der Waals surface area contributed by atoms with Crippen molar-refractivity contribution in [1.82, 2.24) is 14.5 Å². The Labute approximate surface area is 226 Å². The molecule has 0 radical (unpaired) electrons. The standard InChI is InChI=1S/C30H29ClFN5O/c1-5-24-18-36(26-16-28(38)35(4)25-14-15-27(33-3)34-29(25)26)19(2)17-37(24)30(20-6-10-22(31)11-7-20)21-8-12-23(32)13-9-21/h6-16,19,24,30H,5,17-18H2,1-2,4H3/t19-,24+,30?/m0/s1. The summed E-state index contributed by atoms with van der Waals surface area (Å²) in [5, 5.41) is 0.667. The third-order valence-electron chi connectivity index (χ3n) is 7.54. The van der Waals surface area contributed by atoms with E-state index in [1.807, 2.05) is 36.4 Å². The van der Waals surface area contributed by atoms with Crippen molar-refractivity contribution >= 4 is 34.1 Å². The molecule has 2 aromatic heterocycles. The number of aromatic nitrogens is 2. The number of piperazine rings is 1. The van der Waals surface area contributed by atoms with E-state index in [-0.39, 0.29) is 29.5 Å². The van der Waals surface area contributed by atoms with Crippen LogP contribution in [0.3, 0.4) is 0 Å². The molecule has 3 atom stereocenters. The van der Waals surface area contributed by atoms with E-state index in [0.717, 1.165) is 23.2 Å². The Morgan fingerprint density at radius 3 is 2.37 bits per heavy atom. The monoisotopic (exact) mass is 529 g/mol. The summed E-state index contributed by atoms with van der Waals surface area (Å²) < 4.78 is 15.4. The average Bonchev–Trinajstić information content (AvgIpc) is 2.93. The predicted molar refractivity (Wildman–Crippen MR) is 151 cm³/mol. The Kier molecular flexibility index (Phi) is 7.20. The van der Waals surface area contributed by atoms with Gasteiger partial charge >= 0.3 is 0 Å². The number of nitrogens with zero attached hydrogens (tertiary/aromatic N) is 5. The summed E-state index contributed by atoms with van der Waals surface area (Å²) in [7, 11) is 1.73. The van der Waals surface area contributed by atoms with Gasteiger partial charge < -0.3 is 14.3 Å². The highest BCUT2D eigenvalue weighted by molar-refractivity contribution is 6.30. The van der Waals surface area contributed by atoms with Crippen molar-refractivity contribution in [1.29, 1.82) is 0 Å². The number of fused-ring (bicyclic) bond motifs is 1. The van der Waals surface area contributed by atoms with Crippen molar-refractivity contribution in [2.45, 2.75) is 38.4 Å². The van der Waals surface area contributed by atoms with Gasteiger partial charge in [-0.15, -0.1) is 4.98 Å².